The monoisotopic (exact) mass is 338 g/mol. The fourth-order valence-electron chi connectivity index (χ4n) is 3.27. The van der Waals surface area contributed by atoms with E-state index in [0.29, 0.717) is 17.5 Å². The van der Waals surface area contributed by atoms with Gasteiger partial charge >= 0.3 is 0 Å². The molecule has 6 heteroatoms. The number of thioether (sulfide) groups is 1. The largest absolute Gasteiger partial charge is 0.328 e. The van der Waals surface area contributed by atoms with E-state index in [2.05, 4.69) is 22.0 Å². The molecular formula is C18H18N4OS. The van der Waals surface area contributed by atoms with Gasteiger partial charge in [0.2, 0.25) is 11.1 Å². The molecule has 24 heavy (non-hydrogen) atoms. The molecule has 2 aromatic rings. The third kappa shape index (κ3) is 2.57. The van der Waals surface area contributed by atoms with Gasteiger partial charge in [-0.15, -0.1) is 11.7 Å². The molecule has 1 N–H and O–H groups in total. The van der Waals surface area contributed by atoms with Crippen molar-refractivity contribution in [1.29, 1.82) is 0 Å². The lowest BCUT2D eigenvalue weighted by molar-refractivity contribution is -0.116. The number of aromatic nitrogens is 3. The summed E-state index contributed by atoms with van der Waals surface area (Å²) in [5, 5.41) is 8.68. The number of nitrogens with one attached hydrogen (secondary N) is 1. The lowest BCUT2D eigenvalue weighted by atomic mass is 9.85. The van der Waals surface area contributed by atoms with Gasteiger partial charge in [-0.3, -0.25) is 4.79 Å². The van der Waals surface area contributed by atoms with Crippen molar-refractivity contribution in [2.24, 2.45) is 0 Å². The van der Waals surface area contributed by atoms with Crippen LogP contribution in [0.25, 0.3) is 0 Å². The molecule has 2 heterocycles. The second kappa shape index (κ2) is 6.28. The normalized spacial score (nSPS) is 19.5. The molecule has 0 radical (unpaired) electrons. The molecule has 0 spiro atoms. The van der Waals surface area contributed by atoms with Crippen LogP contribution in [0, 0.1) is 0 Å². The average molecular weight is 338 g/mol. The van der Waals surface area contributed by atoms with Crippen molar-refractivity contribution in [2.45, 2.75) is 30.5 Å². The summed E-state index contributed by atoms with van der Waals surface area (Å²) >= 11 is 1.54. The van der Waals surface area contributed by atoms with Gasteiger partial charge in [-0.1, -0.05) is 48.2 Å². The Balaban J connectivity index is 1.83. The molecule has 1 aromatic carbocycles. The minimum Gasteiger partial charge on any atom is -0.328 e. The van der Waals surface area contributed by atoms with E-state index in [1.165, 1.54) is 0 Å². The smallest absolute Gasteiger partial charge is 0.227 e. The first kappa shape index (κ1) is 15.2. The molecule has 122 valence electrons. The minimum absolute atomic E-state index is 0.198. The zero-order valence-corrected chi connectivity index (χ0v) is 14.1. The number of carbonyl (C=O) groups is 1. The number of Topliss-reactive ketones (excluding diaryl/α,β-unsaturated/α-hetero) is 1. The van der Waals surface area contributed by atoms with Crippen molar-refractivity contribution in [2.75, 3.05) is 11.1 Å². The highest BCUT2D eigenvalue weighted by molar-refractivity contribution is 7.99. The van der Waals surface area contributed by atoms with Crippen LogP contribution in [0.15, 0.2) is 59.4 Å². The molecule has 0 fully saturated rings. The van der Waals surface area contributed by atoms with Crippen molar-refractivity contribution in [3.05, 3.63) is 59.8 Å². The number of fused-ring (bicyclic) bond motifs is 1. The van der Waals surface area contributed by atoms with Crippen molar-refractivity contribution in [1.82, 2.24) is 14.8 Å². The first-order valence-corrected chi connectivity index (χ1v) is 9.05. The van der Waals surface area contributed by atoms with E-state index in [1.54, 1.807) is 11.8 Å². The number of benzene rings is 1. The molecule has 0 bridgehead atoms. The standard InChI is InChI=1S/C18H18N4OS/c1-2-11-24-18-20-17-19-13-9-6-10-14(23)15(13)16(22(17)21-18)12-7-4-3-5-8-12/h2-5,7-8,16H,1,6,9-11H2,(H,19,20,21). The van der Waals surface area contributed by atoms with E-state index in [0.717, 1.165) is 35.4 Å². The van der Waals surface area contributed by atoms with Gasteiger partial charge in [-0.25, -0.2) is 4.68 Å². The number of nitrogens with zero attached hydrogens (tertiary/aromatic N) is 3. The van der Waals surface area contributed by atoms with Gasteiger partial charge in [-0.05, 0) is 18.4 Å². The Bertz CT molecular complexity index is 825. The third-order valence-corrected chi connectivity index (χ3v) is 5.13. The summed E-state index contributed by atoms with van der Waals surface area (Å²) in [5.74, 6) is 1.67. The molecule has 5 nitrogen and oxygen atoms in total. The Morgan fingerprint density at radius 2 is 2.17 bits per heavy atom. The number of carbonyl (C=O) groups excluding carboxylic acids is 1. The Hall–Kier alpha value is -2.34. The Morgan fingerprint density at radius 3 is 2.96 bits per heavy atom. The first-order valence-electron chi connectivity index (χ1n) is 8.06. The summed E-state index contributed by atoms with van der Waals surface area (Å²) in [5.41, 5.74) is 2.90. The Morgan fingerprint density at radius 1 is 1.33 bits per heavy atom. The van der Waals surface area contributed by atoms with E-state index >= 15 is 0 Å². The van der Waals surface area contributed by atoms with E-state index in [9.17, 15) is 4.79 Å². The SMILES string of the molecule is C=CCSc1nc2n(n1)C(c1ccccc1)C1=C(CCCC1=O)N2. The van der Waals surface area contributed by atoms with Crippen LogP contribution >= 0.6 is 11.8 Å². The lowest BCUT2D eigenvalue weighted by Crippen LogP contribution is -2.31. The van der Waals surface area contributed by atoms with Gasteiger partial charge in [0.15, 0.2) is 5.78 Å². The molecule has 1 atom stereocenters. The van der Waals surface area contributed by atoms with Crippen LogP contribution < -0.4 is 5.32 Å². The summed E-state index contributed by atoms with van der Waals surface area (Å²) in [7, 11) is 0. The van der Waals surface area contributed by atoms with E-state index in [1.807, 2.05) is 41.1 Å². The minimum atomic E-state index is -0.198. The highest BCUT2D eigenvalue weighted by Crippen LogP contribution is 2.40. The molecule has 1 aliphatic heterocycles. The van der Waals surface area contributed by atoms with Gasteiger partial charge in [-0.2, -0.15) is 4.98 Å². The number of hydrogen-bond donors (Lipinski definition) is 1. The summed E-state index contributed by atoms with van der Waals surface area (Å²) in [6.07, 6.45) is 4.20. The quantitative estimate of drug-likeness (QED) is 0.682. The van der Waals surface area contributed by atoms with E-state index < -0.39 is 0 Å². The molecule has 4 rings (SSSR count). The van der Waals surface area contributed by atoms with Crippen LogP contribution in [0.2, 0.25) is 0 Å². The zero-order chi connectivity index (χ0) is 16.5. The van der Waals surface area contributed by atoms with E-state index in [-0.39, 0.29) is 11.8 Å². The van der Waals surface area contributed by atoms with E-state index in [4.69, 9.17) is 0 Å². The maximum Gasteiger partial charge on any atom is 0.227 e. The summed E-state index contributed by atoms with van der Waals surface area (Å²) in [6, 6.07) is 9.87. The Labute approximate surface area is 144 Å². The molecule has 1 unspecified atom stereocenters. The molecule has 0 saturated carbocycles. The molecule has 1 aliphatic carbocycles. The number of rotatable bonds is 4. The highest BCUT2D eigenvalue weighted by atomic mass is 32.2. The van der Waals surface area contributed by atoms with Gasteiger partial charge in [0.25, 0.3) is 0 Å². The summed E-state index contributed by atoms with van der Waals surface area (Å²) in [4.78, 5) is 17.2. The maximum absolute atomic E-state index is 12.6. The predicted molar refractivity (Wildman–Crippen MR) is 95.0 cm³/mol. The molecular weight excluding hydrogens is 320 g/mol. The maximum atomic E-state index is 12.6. The summed E-state index contributed by atoms with van der Waals surface area (Å²) in [6.45, 7) is 3.74. The topological polar surface area (TPSA) is 59.8 Å². The third-order valence-electron chi connectivity index (χ3n) is 4.29. The van der Waals surface area contributed by atoms with Crippen molar-refractivity contribution >= 4 is 23.5 Å². The van der Waals surface area contributed by atoms with Crippen LogP contribution in [0.4, 0.5) is 5.95 Å². The van der Waals surface area contributed by atoms with Crippen LogP contribution in [-0.4, -0.2) is 26.3 Å². The number of ketones is 1. The van der Waals surface area contributed by atoms with Crippen molar-refractivity contribution in [3.8, 4) is 0 Å². The van der Waals surface area contributed by atoms with Crippen LogP contribution in [0.1, 0.15) is 30.9 Å². The van der Waals surface area contributed by atoms with Crippen LogP contribution in [-0.2, 0) is 4.79 Å². The number of allylic oxidation sites excluding steroid dienone is 2. The predicted octanol–water partition coefficient (Wildman–Crippen LogP) is 3.58. The Kier molecular flexibility index (Phi) is 3.98. The van der Waals surface area contributed by atoms with Crippen LogP contribution in [0.3, 0.4) is 0 Å². The van der Waals surface area contributed by atoms with Gasteiger partial charge in [0.1, 0.15) is 6.04 Å². The molecule has 1 aromatic heterocycles. The zero-order valence-electron chi connectivity index (χ0n) is 13.2. The second-order valence-electron chi connectivity index (χ2n) is 5.87. The van der Waals surface area contributed by atoms with Gasteiger partial charge < -0.3 is 5.32 Å². The molecule has 2 aliphatic rings. The fraction of sp³-hybridized carbons (Fsp3) is 0.278. The lowest BCUT2D eigenvalue weighted by Gasteiger charge is -2.32. The average Bonchev–Trinajstić information content (AvgIpc) is 3.01. The van der Waals surface area contributed by atoms with Crippen LogP contribution in [0.5, 0.6) is 0 Å². The molecule has 0 saturated heterocycles. The van der Waals surface area contributed by atoms with Gasteiger partial charge in [0, 0.05) is 23.4 Å². The van der Waals surface area contributed by atoms with Gasteiger partial charge in [0.05, 0.1) is 0 Å². The molecule has 0 amide bonds. The summed E-state index contributed by atoms with van der Waals surface area (Å²) < 4.78 is 1.85. The second-order valence-corrected chi connectivity index (χ2v) is 6.86. The van der Waals surface area contributed by atoms with Crippen molar-refractivity contribution < 1.29 is 4.79 Å². The highest BCUT2D eigenvalue weighted by Gasteiger charge is 2.36. The fourth-order valence-corrected chi connectivity index (χ4v) is 3.84. The van der Waals surface area contributed by atoms with Crippen molar-refractivity contribution in [3.63, 3.8) is 0 Å². The number of anilines is 1. The number of hydrogen-bond acceptors (Lipinski definition) is 5. The first-order chi connectivity index (χ1) is 11.8.